The van der Waals surface area contributed by atoms with E-state index in [2.05, 4.69) is 0 Å². The van der Waals surface area contributed by atoms with Gasteiger partial charge in [0, 0.05) is 12.1 Å². The van der Waals surface area contributed by atoms with Crippen LogP contribution in [0.4, 0.5) is 0 Å². The molecule has 5 heteroatoms. The number of carboxylic acid groups (broad SMARTS) is 1. The highest BCUT2D eigenvalue weighted by Gasteiger charge is 2.29. The van der Waals surface area contributed by atoms with Crippen LogP contribution in [0.15, 0.2) is 24.3 Å². The first-order valence-electron chi connectivity index (χ1n) is 6.26. The Kier molecular flexibility index (Phi) is 3.85. The molecular weight excluding hydrogens is 246 g/mol. The summed E-state index contributed by atoms with van der Waals surface area (Å²) in [5.74, 6) is -1.18. The molecule has 1 aromatic rings. The summed E-state index contributed by atoms with van der Waals surface area (Å²) >= 11 is 0. The van der Waals surface area contributed by atoms with Crippen molar-refractivity contribution in [3.05, 3.63) is 35.4 Å². The number of nitrogens with zero attached hydrogens (tertiary/aromatic N) is 1. The monoisotopic (exact) mass is 263 g/mol. The van der Waals surface area contributed by atoms with Crippen molar-refractivity contribution in [3.8, 4) is 0 Å². The third kappa shape index (κ3) is 2.76. The Balaban J connectivity index is 2.23. The van der Waals surface area contributed by atoms with Gasteiger partial charge in [0.2, 0.25) is 0 Å². The highest BCUT2D eigenvalue weighted by atomic mass is 16.5. The molecule has 0 radical (unpaired) electrons. The van der Waals surface area contributed by atoms with Gasteiger partial charge in [0.25, 0.3) is 5.91 Å². The van der Waals surface area contributed by atoms with E-state index in [1.54, 1.807) is 17.0 Å². The third-order valence-electron chi connectivity index (χ3n) is 3.50. The van der Waals surface area contributed by atoms with Crippen molar-refractivity contribution in [1.82, 2.24) is 4.90 Å². The minimum atomic E-state index is -1.03. The third-order valence-corrected chi connectivity index (χ3v) is 3.50. The first-order chi connectivity index (χ1) is 9.00. The number of hydrogen-bond donors (Lipinski definition) is 1. The Morgan fingerprint density at radius 3 is 2.68 bits per heavy atom. The summed E-state index contributed by atoms with van der Waals surface area (Å²) in [5.41, 5.74) is 0.528. The molecule has 0 aliphatic carbocycles. The average Bonchev–Trinajstić information content (AvgIpc) is 2.41. The lowest BCUT2D eigenvalue weighted by Crippen LogP contribution is -2.51. The topological polar surface area (TPSA) is 66.8 Å². The second-order valence-corrected chi connectivity index (χ2v) is 4.70. The molecule has 0 spiro atoms. The number of morpholine rings is 1. The number of aromatic carboxylic acids is 1. The number of hydrogen-bond acceptors (Lipinski definition) is 3. The molecule has 2 atom stereocenters. The second-order valence-electron chi connectivity index (χ2n) is 4.70. The Labute approximate surface area is 111 Å². The molecule has 1 aliphatic heterocycles. The Morgan fingerprint density at radius 2 is 2.00 bits per heavy atom. The van der Waals surface area contributed by atoms with Crippen molar-refractivity contribution in [2.75, 3.05) is 13.2 Å². The van der Waals surface area contributed by atoms with Crippen molar-refractivity contribution in [2.45, 2.75) is 26.0 Å². The van der Waals surface area contributed by atoms with Gasteiger partial charge < -0.3 is 14.7 Å². The summed E-state index contributed by atoms with van der Waals surface area (Å²) < 4.78 is 5.48. The fourth-order valence-corrected chi connectivity index (χ4v) is 2.17. The number of carboxylic acids is 1. The molecule has 1 fully saturated rings. The van der Waals surface area contributed by atoms with Crippen LogP contribution in [-0.4, -0.2) is 47.2 Å². The van der Waals surface area contributed by atoms with E-state index in [9.17, 15) is 9.59 Å². The minimum absolute atomic E-state index is 0.0136. The van der Waals surface area contributed by atoms with Crippen LogP contribution in [0.1, 0.15) is 34.6 Å². The minimum Gasteiger partial charge on any atom is -0.478 e. The first-order valence-corrected chi connectivity index (χ1v) is 6.26. The average molecular weight is 263 g/mol. The predicted molar refractivity (Wildman–Crippen MR) is 69.3 cm³/mol. The Morgan fingerprint density at radius 1 is 1.32 bits per heavy atom. The zero-order valence-electron chi connectivity index (χ0n) is 11.0. The number of carbonyl (C=O) groups excluding carboxylic acids is 1. The molecule has 0 saturated carbocycles. The van der Waals surface area contributed by atoms with Crippen molar-refractivity contribution in [3.63, 3.8) is 0 Å². The van der Waals surface area contributed by atoms with Gasteiger partial charge in [0.1, 0.15) is 0 Å². The summed E-state index contributed by atoms with van der Waals surface area (Å²) in [6.07, 6.45) is -0.0136. The van der Waals surface area contributed by atoms with Crippen LogP contribution >= 0.6 is 0 Å². The van der Waals surface area contributed by atoms with E-state index in [-0.39, 0.29) is 23.6 Å². The van der Waals surface area contributed by atoms with Gasteiger partial charge >= 0.3 is 5.97 Å². The van der Waals surface area contributed by atoms with Crippen LogP contribution in [-0.2, 0) is 4.74 Å². The molecule has 102 valence electrons. The van der Waals surface area contributed by atoms with E-state index in [0.29, 0.717) is 18.7 Å². The second kappa shape index (κ2) is 5.40. The predicted octanol–water partition coefficient (Wildman–Crippen LogP) is 1.63. The smallest absolute Gasteiger partial charge is 0.335 e. The van der Waals surface area contributed by atoms with Crippen LogP contribution in [0, 0.1) is 0 Å². The fraction of sp³-hybridized carbons (Fsp3) is 0.429. The molecule has 2 rings (SSSR count). The van der Waals surface area contributed by atoms with E-state index in [1.165, 1.54) is 12.1 Å². The number of ether oxygens (including phenoxy) is 1. The normalized spacial score (nSPS) is 23.2. The molecule has 0 bridgehead atoms. The largest absolute Gasteiger partial charge is 0.478 e. The highest BCUT2D eigenvalue weighted by Crippen LogP contribution is 2.17. The van der Waals surface area contributed by atoms with Crippen molar-refractivity contribution in [1.29, 1.82) is 0 Å². The Bertz CT molecular complexity index is 500. The molecule has 1 heterocycles. The van der Waals surface area contributed by atoms with Gasteiger partial charge in [-0.1, -0.05) is 6.07 Å². The lowest BCUT2D eigenvalue weighted by Gasteiger charge is -2.37. The summed E-state index contributed by atoms with van der Waals surface area (Å²) in [6, 6.07) is 6.10. The number of amides is 1. The van der Waals surface area contributed by atoms with Gasteiger partial charge in [-0.3, -0.25) is 4.79 Å². The summed E-state index contributed by atoms with van der Waals surface area (Å²) in [7, 11) is 0. The molecule has 1 N–H and O–H groups in total. The van der Waals surface area contributed by atoms with Crippen molar-refractivity contribution < 1.29 is 19.4 Å². The molecule has 1 amide bonds. The molecule has 1 aromatic carbocycles. The summed E-state index contributed by atoms with van der Waals surface area (Å²) in [5, 5.41) is 8.95. The zero-order valence-corrected chi connectivity index (χ0v) is 11.0. The molecule has 19 heavy (non-hydrogen) atoms. The van der Waals surface area contributed by atoms with Crippen LogP contribution in [0.25, 0.3) is 0 Å². The number of carbonyl (C=O) groups is 2. The van der Waals surface area contributed by atoms with Crippen molar-refractivity contribution in [2.24, 2.45) is 0 Å². The quantitative estimate of drug-likeness (QED) is 0.880. The van der Waals surface area contributed by atoms with Crippen LogP contribution in [0.5, 0.6) is 0 Å². The highest BCUT2D eigenvalue weighted by molar-refractivity contribution is 5.97. The summed E-state index contributed by atoms with van der Waals surface area (Å²) in [6.45, 7) is 4.90. The fourth-order valence-electron chi connectivity index (χ4n) is 2.17. The molecule has 1 saturated heterocycles. The van der Waals surface area contributed by atoms with Crippen LogP contribution in [0.2, 0.25) is 0 Å². The molecule has 0 unspecified atom stereocenters. The number of benzene rings is 1. The summed E-state index contributed by atoms with van der Waals surface area (Å²) in [4.78, 5) is 25.1. The maximum Gasteiger partial charge on any atom is 0.335 e. The van der Waals surface area contributed by atoms with Crippen LogP contribution in [0.3, 0.4) is 0 Å². The van der Waals surface area contributed by atoms with E-state index < -0.39 is 5.97 Å². The molecule has 5 nitrogen and oxygen atoms in total. The van der Waals surface area contributed by atoms with Gasteiger partial charge in [-0.25, -0.2) is 4.79 Å². The SMILES string of the molecule is C[C@@H]1OCCN(C(=O)c2cccc(C(=O)O)c2)[C@H]1C. The van der Waals surface area contributed by atoms with Crippen molar-refractivity contribution >= 4 is 11.9 Å². The molecule has 0 aromatic heterocycles. The van der Waals surface area contributed by atoms with Gasteiger partial charge in [-0.05, 0) is 32.0 Å². The van der Waals surface area contributed by atoms with Crippen LogP contribution < -0.4 is 0 Å². The van der Waals surface area contributed by atoms with Gasteiger partial charge in [-0.2, -0.15) is 0 Å². The Hall–Kier alpha value is -1.88. The standard InChI is InChI=1S/C14H17NO4/c1-9-10(2)19-7-6-15(9)13(16)11-4-3-5-12(8-11)14(17)18/h3-5,8-10H,6-7H2,1-2H3,(H,17,18)/t9-,10-/m0/s1. The van der Waals surface area contributed by atoms with E-state index in [4.69, 9.17) is 9.84 Å². The maximum absolute atomic E-state index is 12.4. The maximum atomic E-state index is 12.4. The van der Waals surface area contributed by atoms with Gasteiger partial charge in [0.05, 0.1) is 24.3 Å². The number of rotatable bonds is 2. The van der Waals surface area contributed by atoms with Gasteiger partial charge in [-0.15, -0.1) is 0 Å². The molecular formula is C14H17NO4. The van der Waals surface area contributed by atoms with E-state index in [1.807, 2.05) is 13.8 Å². The zero-order chi connectivity index (χ0) is 14.0. The van der Waals surface area contributed by atoms with Gasteiger partial charge in [0.15, 0.2) is 0 Å². The van der Waals surface area contributed by atoms with E-state index >= 15 is 0 Å². The van der Waals surface area contributed by atoms with E-state index in [0.717, 1.165) is 0 Å². The lowest BCUT2D eigenvalue weighted by atomic mass is 10.1. The molecule has 1 aliphatic rings. The lowest BCUT2D eigenvalue weighted by molar-refractivity contribution is -0.0440. The first kappa shape index (κ1) is 13.5.